The zero-order valence-corrected chi connectivity index (χ0v) is 19.0. The van der Waals surface area contributed by atoms with Gasteiger partial charge in [-0.15, -0.1) is 0 Å². The smallest absolute Gasteiger partial charge is 0.343 e. The molecule has 0 spiro atoms. The van der Waals surface area contributed by atoms with Crippen LogP contribution >= 0.6 is 15.9 Å². The van der Waals surface area contributed by atoms with Crippen LogP contribution in [0.3, 0.4) is 0 Å². The second-order valence-corrected chi connectivity index (χ2v) is 8.98. The van der Waals surface area contributed by atoms with E-state index >= 15 is 0 Å². The van der Waals surface area contributed by atoms with Crippen molar-refractivity contribution in [2.24, 2.45) is 0 Å². The van der Waals surface area contributed by atoms with Gasteiger partial charge < -0.3 is 9.47 Å². The molecular formula is C24H31BrO3. The van der Waals surface area contributed by atoms with E-state index in [2.05, 4.69) is 43.6 Å². The highest BCUT2D eigenvalue weighted by Crippen LogP contribution is 2.34. The van der Waals surface area contributed by atoms with Crippen LogP contribution in [0.2, 0.25) is 0 Å². The third-order valence-corrected chi connectivity index (χ3v) is 5.05. The van der Waals surface area contributed by atoms with Gasteiger partial charge >= 0.3 is 5.97 Å². The zero-order chi connectivity index (χ0) is 20.6. The van der Waals surface area contributed by atoms with Crippen molar-refractivity contribution >= 4 is 21.9 Å². The van der Waals surface area contributed by atoms with Gasteiger partial charge in [0.05, 0.1) is 12.2 Å². The molecule has 0 aliphatic rings. The molecule has 3 nitrogen and oxygen atoms in total. The van der Waals surface area contributed by atoms with Gasteiger partial charge in [-0.2, -0.15) is 0 Å². The van der Waals surface area contributed by atoms with Gasteiger partial charge in [-0.25, -0.2) is 4.79 Å². The van der Waals surface area contributed by atoms with E-state index in [-0.39, 0.29) is 11.4 Å². The summed E-state index contributed by atoms with van der Waals surface area (Å²) in [6.07, 6.45) is 6.05. The summed E-state index contributed by atoms with van der Waals surface area (Å²) in [6, 6.07) is 12.9. The Labute approximate surface area is 177 Å². The lowest BCUT2D eigenvalue weighted by molar-refractivity contribution is 0.0732. The lowest BCUT2D eigenvalue weighted by Gasteiger charge is -2.22. The molecule has 0 aliphatic heterocycles. The number of benzene rings is 2. The minimum atomic E-state index is -0.362. The van der Waals surface area contributed by atoms with Gasteiger partial charge in [0.2, 0.25) is 0 Å². The Morgan fingerprint density at radius 2 is 1.64 bits per heavy atom. The number of carbonyl (C=O) groups is 1. The summed E-state index contributed by atoms with van der Waals surface area (Å²) in [7, 11) is 0. The first kappa shape index (κ1) is 22.5. The molecule has 0 atom stereocenters. The average Bonchev–Trinajstić information content (AvgIpc) is 2.65. The Kier molecular flexibility index (Phi) is 8.56. The number of rotatable bonds is 9. The van der Waals surface area contributed by atoms with Crippen molar-refractivity contribution in [2.75, 3.05) is 6.61 Å². The summed E-state index contributed by atoms with van der Waals surface area (Å²) >= 11 is 3.49. The molecule has 0 fully saturated rings. The van der Waals surface area contributed by atoms with Crippen molar-refractivity contribution in [2.45, 2.75) is 65.2 Å². The van der Waals surface area contributed by atoms with Crippen molar-refractivity contribution in [3.05, 3.63) is 58.1 Å². The minimum absolute atomic E-state index is 0.131. The second kappa shape index (κ2) is 10.7. The number of halogens is 1. The van der Waals surface area contributed by atoms with Crippen LogP contribution in [-0.4, -0.2) is 12.6 Å². The van der Waals surface area contributed by atoms with Crippen LogP contribution in [0.15, 0.2) is 46.9 Å². The third-order valence-electron chi connectivity index (χ3n) is 4.56. The highest BCUT2D eigenvalue weighted by atomic mass is 79.9. The van der Waals surface area contributed by atoms with Gasteiger partial charge in [0.15, 0.2) is 0 Å². The van der Waals surface area contributed by atoms with E-state index in [9.17, 15) is 4.79 Å². The Balaban J connectivity index is 1.95. The molecule has 0 N–H and O–H groups in total. The molecule has 0 radical (unpaired) electrons. The monoisotopic (exact) mass is 446 g/mol. The number of unbranched alkanes of at least 4 members (excludes halogenated alkanes) is 4. The van der Waals surface area contributed by atoms with E-state index in [1.165, 1.54) is 25.7 Å². The van der Waals surface area contributed by atoms with Crippen LogP contribution in [0.5, 0.6) is 11.5 Å². The Morgan fingerprint density at radius 1 is 0.964 bits per heavy atom. The number of hydrogen-bond acceptors (Lipinski definition) is 3. The average molecular weight is 447 g/mol. The first-order valence-electron chi connectivity index (χ1n) is 10.1. The normalized spacial score (nSPS) is 11.3. The number of ether oxygens (including phenoxy) is 2. The fourth-order valence-electron chi connectivity index (χ4n) is 2.92. The molecular weight excluding hydrogens is 416 g/mol. The van der Waals surface area contributed by atoms with Crippen molar-refractivity contribution in [1.29, 1.82) is 0 Å². The Bertz CT molecular complexity index is 760. The van der Waals surface area contributed by atoms with E-state index in [4.69, 9.17) is 9.47 Å². The molecule has 0 saturated heterocycles. The lowest BCUT2D eigenvalue weighted by atomic mass is 9.86. The van der Waals surface area contributed by atoms with Crippen LogP contribution in [0.4, 0.5) is 0 Å². The molecule has 4 heteroatoms. The van der Waals surface area contributed by atoms with E-state index in [0.717, 1.165) is 22.2 Å². The van der Waals surface area contributed by atoms with E-state index in [1.807, 2.05) is 30.3 Å². The zero-order valence-electron chi connectivity index (χ0n) is 17.4. The number of hydrogen-bond donors (Lipinski definition) is 0. The summed E-state index contributed by atoms with van der Waals surface area (Å²) in [5.41, 5.74) is 1.37. The predicted molar refractivity (Wildman–Crippen MR) is 118 cm³/mol. The molecule has 2 aromatic rings. The summed E-state index contributed by atoms with van der Waals surface area (Å²) < 4.78 is 12.4. The van der Waals surface area contributed by atoms with Gasteiger partial charge in [0.25, 0.3) is 0 Å². The molecule has 2 aromatic carbocycles. The minimum Gasteiger partial charge on any atom is -0.494 e. The highest BCUT2D eigenvalue weighted by Gasteiger charge is 2.21. The van der Waals surface area contributed by atoms with Gasteiger partial charge in [-0.05, 0) is 54.3 Å². The van der Waals surface area contributed by atoms with Gasteiger partial charge in [-0.3, -0.25) is 0 Å². The fourth-order valence-corrected chi connectivity index (χ4v) is 3.28. The van der Waals surface area contributed by atoms with Crippen molar-refractivity contribution < 1.29 is 14.3 Å². The van der Waals surface area contributed by atoms with E-state index in [1.54, 1.807) is 12.1 Å². The maximum absolute atomic E-state index is 12.6. The third kappa shape index (κ3) is 6.97. The van der Waals surface area contributed by atoms with Crippen LogP contribution in [0, 0.1) is 0 Å². The van der Waals surface area contributed by atoms with Crippen LogP contribution in [-0.2, 0) is 5.41 Å². The maximum Gasteiger partial charge on any atom is 0.343 e. The number of esters is 1. The molecule has 0 heterocycles. The first-order valence-corrected chi connectivity index (χ1v) is 10.9. The van der Waals surface area contributed by atoms with Gasteiger partial charge in [0.1, 0.15) is 11.5 Å². The lowest BCUT2D eigenvalue weighted by Crippen LogP contribution is -2.16. The van der Waals surface area contributed by atoms with Crippen LogP contribution in [0.1, 0.15) is 75.7 Å². The molecule has 152 valence electrons. The SMILES string of the molecule is CCCCCCCOc1ccc(C(=O)Oc2ccc(Br)cc2C(C)(C)C)cc1. The predicted octanol–water partition coefficient (Wildman–Crippen LogP) is 7.32. The van der Waals surface area contributed by atoms with Crippen LogP contribution < -0.4 is 9.47 Å². The summed E-state index contributed by atoms with van der Waals surface area (Å²) in [6.45, 7) is 9.21. The molecule has 0 amide bonds. The first-order chi connectivity index (χ1) is 13.3. The molecule has 2 rings (SSSR count). The molecule has 0 aromatic heterocycles. The molecule has 0 aliphatic carbocycles. The molecule has 0 bridgehead atoms. The molecule has 0 unspecified atom stereocenters. The molecule has 0 saturated carbocycles. The number of carbonyl (C=O) groups excluding carboxylic acids is 1. The van der Waals surface area contributed by atoms with Gasteiger partial charge in [-0.1, -0.05) is 69.3 Å². The van der Waals surface area contributed by atoms with Crippen molar-refractivity contribution in [3.63, 3.8) is 0 Å². The van der Waals surface area contributed by atoms with E-state index < -0.39 is 0 Å². The second-order valence-electron chi connectivity index (χ2n) is 8.07. The Hall–Kier alpha value is -1.81. The molecule has 28 heavy (non-hydrogen) atoms. The van der Waals surface area contributed by atoms with Gasteiger partial charge in [0, 0.05) is 10.0 Å². The van der Waals surface area contributed by atoms with Crippen LogP contribution in [0.25, 0.3) is 0 Å². The maximum atomic E-state index is 12.6. The highest BCUT2D eigenvalue weighted by molar-refractivity contribution is 9.10. The van der Waals surface area contributed by atoms with E-state index in [0.29, 0.717) is 17.9 Å². The Morgan fingerprint density at radius 3 is 2.29 bits per heavy atom. The fraction of sp³-hybridized carbons (Fsp3) is 0.458. The standard InChI is InChI=1S/C24H31BrO3/c1-5-6-7-8-9-16-27-20-13-10-18(11-14-20)23(26)28-22-15-12-19(25)17-21(22)24(2,3)4/h10-15,17H,5-9,16H2,1-4H3. The summed E-state index contributed by atoms with van der Waals surface area (Å²) in [4.78, 5) is 12.6. The largest absolute Gasteiger partial charge is 0.494 e. The van der Waals surface area contributed by atoms with Crippen molar-refractivity contribution in [1.82, 2.24) is 0 Å². The topological polar surface area (TPSA) is 35.5 Å². The summed E-state index contributed by atoms with van der Waals surface area (Å²) in [5, 5.41) is 0. The summed E-state index contributed by atoms with van der Waals surface area (Å²) in [5.74, 6) is 1.01. The van der Waals surface area contributed by atoms with Crippen molar-refractivity contribution in [3.8, 4) is 11.5 Å². The quantitative estimate of drug-likeness (QED) is 0.230.